The molecule has 0 aromatic rings. The Kier molecular flexibility index (Phi) is 24.2. The van der Waals surface area contributed by atoms with E-state index in [9.17, 15) is 0 Å². The zero-order valence-corrected chi connectivity index (χ0v) is 26.0. The van der Waals surface area contributed by atoms with E-state index in [0.29, 0.717) is 0 Å². The summed E-state index contributed by atoms with van der Waals surface area (Å²) in [6, 6.07) is 0. The fourth-order valence-electron chi connectivity index (χ4n) is 5.56. The summed E-state index contributed by atoms with van der Waals surface area (Å²) in [4.78, 5) is 0. The quantitative estimate of drug-likeness (QED) is 0.0746. The highest BCUT2D eigenvalue weighted by Crippen LogP contribution is 2.14. The molecule has 0 saturated carbocycles. The Morgan fingerprint density at radius 1 is 0.257 bits per heavy atom. The third-order valence-electron chi connectivity index (χ3n) is 8.26. The fraction of sp³-hybridized carbons (Fsp3) is 1.00. The monoisotopic (exact) mass is 497 g/mol. The van der Waals surface area contributed by atoms with E-state index in [2.05, 4.69) is 42.0 Å². The van der Waals surface area contributed by atoms with Crippen LogP contribution in [0.4, 0.5) is 0 Å². The Balaban J connectivity index is 3.57. The van der Waals surface area contributed by atoms with Gasteiger partial charge in [0.25, 0.3) is 0 Å². The Bertz CT molecular complexity index is 415. The SMILES string of the molecule is CCCCCCCCCCCCCC[N+](C)(C)CCC[N+](C)(C)CCCCCCCCCCCC. The van der Waals surface area contributed by atoms with Crippen LogP contribution in [0.2, 0.25) is 0 Å². The lowest BCUT2D eigenvalue weighted by Crippen LogP contribution is -2.46. The molecule has 0 aliphatic carbocycles. The van der Waals surface area contributed by atoms with E-state index >= 15 is 0 Å². The second-order valence-electron chi connectivity index (χ2n) is 13.2. The minimum Gasteiger partial charge on any atom is -0.328 e. The van der Waals surface area contributed by atoms with Crippen molar-refractivity contribution < 1.29 is 8.97 Å². The number of unbranched alkanes of at least 4 members (excludes halogenated alkanes) is 20. The zero-order valence-electron chi connectivity index (χ0n) is 26.0. The van der Waals surface area contributed by atoms with Gasteiger partial charge >= 0.3 is 0 Å². The van der Waals surface area contributed by atoms with Crippen molar-refractivity contribution in [3.05, 3.63) is 0 Å². The van der Waals surface area contributed by atoms with E-state index in [1.54, 1.807) is 0 Å². The molecule has 0 aromatic carbocycles. The topological polar surface area (TPSA) is 0 Å². The minimum absolute atomic E-state index is 1.22. The molecular weight excluding hydrogens is 424 g/mol. The Morgan fingerprint density at radius 3 is 0.714 bits per heavy atom. The molecule has 0 atom stereocenters. The number of quaternary nitrogens is 2. The van der Waals surface area contributed by atoms with Gasteiger partial charge in [0.2, 0.25) is 0 Å². The first-order valence-corrected chi connectivity index (χ1v) is 16.5. The predicted molar refractivity (Wildman–Crippen MR) is 161 cm³/mol. The molecule has 0 rings (SSSR count). The summed E-state index contributed by atoms with van der Waals surface area (Å²) < 4.78 is 2.44. The van der Waals surface area contributed by atoms with Gasteiger partial charge in [-0.2, -0.15) is 0 Å². The van der Waals surface area contributed by atoms with Crippen LogP contribution in [-0.4, -0.2) is 63.3 Å². The van der Waals surface area contributed by atoms with Crippen molar-refractivity contribution in [2.24, 2.45) is 0 Å². The molecular formula is C33H72N2+2. The summed E-state index contributed by atoms with van der Waals surface area (Å²) in [6.07, 6.45) is 33.2. The maximum absolute atomic E-state index is 2.46. The molecule has 0 bridgehead atoms. The number of hydrogen-bond donors (Lipinski definition) is 0. The second kappa shape index (κ2) is 24.3. The zero-order chi connectivity index (χ0) is 26.1. The van der Waals surface area contributed by atoms with Crippen molar-refractivity contribution in [3.8, 4) is 0 Å². The Labute approximate surface area is 224 Å². The molecule has 0 N–H and O–H groups in total. The van der Waals surface area contributed by atoms with Gasteiger partial charge in [-0.3, -0.25) is 0 Å². The largest absolute Gasteiger partial charge is 0.328 e. The van der Waals surface area contributed by atoms with E-state index in [-0.39, 0.29) is 0 Å². The summed E-state index contributed by atoms with van der Waals surface area (Å²) in [5, 5.41) is 0. The molecule has 2 heteroatoms. The van der Waals surface area contributed by atoms with Gasteiger partial charge in [-0.25, -0.2) is 0 Å². The van der Waals surface area contributed by atoms with Crippen molar-refractivity contribution in [2.75, 3.05) is 54.4 Å². The average Bonchev–Trinajstić information content (AvgIpc) is 2.80. The molecule has 0 radical (unpaired) electrons. The fourth-order valence-corrected chi connectivity index (χ4v) is 5.56. The van der Waals surface area contributed by atoms with Crippen molar-refractivity contribution in [1.82, 2.24) is 0 Å². The first-order valence-electron chi connectivity index (χ1n) is 16.5. The highest BCUT2D eigenvalue weighted by molar-refractivity contribution is 4.50. The summed E-state index contributed by atoms with van der Waals surface area (Å²) in [7, 11) is 9.83. The van der Waals surface area contributed by atoms with Crippen LogP contribution in [-0.2, 0) is 0 Å². The van der Waals surface area contributed by atoms with Crippen LogP contribution in [0.15, 0.2) is 0 Å². The predicted octanol–water partition coefficient (Wildman–Crippen LogP) is 10.2. The van der Waals surface area contributed by atoms with Gasteiger partial charge in [0.15, 0.2) is 0 Å². The van der Waals surface area contributed by atoms with Gasteiger partial charge in [0, 0.05) is 6.42 Å². The Morgan fingerprint density at radius 2 is 0.457 bits per heavy atom. The van der Waals surface area contributed by atoms with Crippen LogP contribution in [0.25, 0.3) is 0 Å². The molecule has 0 aliphatic rings. The summed E-state index contributed by atoms with van der Waals surface area (Å²) in [5.74, 6) is 0. The molecule has 0 amide bonds. The van der Waals surface area contributed by atoms with E-state index in [1.165, 1.54) is 183 Å². The average molecular weight is 497 g/mol. The first kappa shape index (κ1) is 34.9. The van der Waals surface area contributed by atoms with Gasteiger partial charge in [0.05, 0.1) is 54.4 Å². The third kappa shape index (κ3) is 26.8. The molecule has 0 heterocycles. The van der Waals surface area contributed by atoms with Crippen molar-refractivity contribution in [2.45, 2.75) is 162 Å². The van der Waals surface area contributed by atoms with Crippen LogP contribution in [0, 0.1) is 0 Å². The lowest BCUT2D eigenvalue weighted by atomic mass is 10.1. The van der Waals surface area contributed by atoms with Gasteiger partial charge in [-0.15, -0.1) is 0 Å². The maximum Gasteiger partial charge on any atom is 0.0836 e. The highest BCUT2D eigenvalue weighted by atomic mass is 15.3. The number of hydrogen-bond acceptors (Lipinski definition) is 0. The molecule has 0 spiro atoms. The lowest BCUT2D eigenvalue weighted by molar-refractivity contribution is -0.909. The standard InChI is InChI=1S/C33H72N2/c1-7-9-11-13-15-17-19-20-22-24-26-28-31-35(5,6)33-29-32-34(3,4)30-27-25-23-21-18-16-14-12-10-8-2/h7-33H2,1-6H3/q+2. The van der Waals surface area contributed by atoms with Crippen molar-refractivity contribution in [3.63, 3.8) is 0 Å². The molecule has 212 valence electrons. The molecule has 0 fully saturated rings. The highest BCUT2D eigenvalue weighted by Gasteiger charge is 2.19. The number of rotatable bonds is 28. The van der Waals surface area contributed by atoms with Crippen LogP contribution >= 0.6 is 0 Å². The smallest absolute Gasteiger partial charge is 0.0836 e. The molecule has 35 heavy (non-hydrogen) atoms. The van der Waals surface area contributed by atoms with Gasteiger partial charge in [-0.05, 0) is 25.7 Å². The van der Waals surface area contributed by atoms with Crippen LogP contribution < -0.4 is 0 Å². The lowest BCUT2D eigenvalue weighted by Gasteiger charge is -2.33. The molecule has 2 nitrogen and oxygen atoms in total. The van der Waals surface area contributed by atoms with E-state index in [1.807, 2.05) is 0 Å². The molecule has 0 aromatic heterocycles. The van der Waals surface area contributed by atoms with Crippen LogP contribution in [0.5, 0.6) is 0 Å². The Hall–Kier alpha value is -0.0800. The maximum atomic E-state index is 2.46. The third-order valence-corrected chi connectivity index (χ3v) is 8.26. The van der Waals surface area contributed by atoms with Gasteiger partial charge in [0.1, 0.15) is 0 Å². The minimum atomic E-state index is 1.22. The molecule has 0 unspecified atom stereocenters. The molecule has 0 aliphatic heterocycles. The van der Waals surface area contributed by atoms with Gasteiger partial charge in [-0.1, -0.05) is 129 Å². The summed E-state index contributed by atoms with van der Waals surface area (Å²) >= 11 is 0. The second-order valence-corrected chi connectivity index (χ2v) is 13.2. The van der Waals surface area contributed by atoms with Crippen molar-refractivity contribution >= 4 is 0 Å². The summed E-state index contributed by atoms with van der Waals surface area (Å²) in [5.41, 5.74) is 0. The van der Waals surface area contributed by atoms with E-state index in [4.69, 9.17) is 0 Å². The summed E-state index contributed by atoms with van der Waals surface area (Å²) in [6.45, 7) is 10.0. The number of nitrogens with zero attached hydrogens (tertiary/aromatic N) is 2. The molecule has 0 saturated heterocycles. The van der Waals surface area contributed by atoms with E-state index in [0.717, 1.165) is 0 Å². The normalized spacial score (nSPS) is 12.5. The van der Waals surface area contributed by atoms with Gasteiger partial charge < -0.3 is 8.97 Å². The van der Waals surface area contributed by atoms with E-state index < -0.39 is 0 Å². The first-order chi connectivity index (χ1) is 16.8. The van der Waals surface area contributed by atoms with Crippen molar-refractivity contribution in [1.29, 1.82) is 0 Å². The van der Waals surface area contributed by atoms with Crippen LogP contribution in [0.3, 0.4) is 0 Å². The van der Waals surface area contributed by atoms with Crippen LogP contribution in [0.1, 0.15) is 162 Å².